The summed E-state index contributed by atoms with van der Waals surface area (Å²) in [6.07, 6.45) is 7.64. The molecule has 0 bridgehead atoms. The number of hydrogen-bond acceptors (Lipinski definition) is 7. The minimum atomic E-state index is 0.424. The SMILES string of the molecule is CCCN1CCc2cccc3c2[C@H]1Cc1cccc(OCc2cn(CCCCN4CCN(c5ccccc5OC)CC4)nn2)c1-3. The second-order valence-electron chi connectivity index (χ2n) is 12.6. The van der Waals surface area contributed by atoms with Gasteiger partial charge in [0.2, 0.25) is 0 Å². The lowest BCUT2D eigenvalue weighted by Gasteiger charge is -2.42. The van der Waals surface area contributed by atoms with E-state index in [1.54, 1.807) is 7.11 Å². The molecule has 3 heterocycles. The van der Waals surface area contributed by atoms with E-state index in [0.29, 0.717) is 12.6 Å². The van der Waals surface area contributed by atoms with Gasteiger partial charge in [-0.05, 0) is 85.6 Å². The third-order valence-corrected chi connectivity index (χ3v) is 9.82. The Bertz CT molecular complexity index is 1590. The van der Waals surface area contributed by atoms with Gasteiger partial charge >= 0.3 is 0 Å². The molecule has 45 heavy (non-hydrogen) atoms. The van der Waals surface area contributed by atoms with Gasteiger partial charge in [-0.2, -0.15) is 0 Å². The first-order valence-electron chi connectivity index (χ1n) is 16.8. The Morgan fingerprint density at radius 2 is 1.62 bits per heavy atom. The number of methoxy groups -OCH3 is 1. The number of fused-ring (bicyclic) bond motifs is 2. The minimum absolute atomic E-state index is 0.424. The van der Waals surface area contributed by atoms with Crippen molar-refractivity contribution in [3.8, 4) is 22.6 Å². The summed E-state index contributed by atoms with van der Waals surface area (Å²) in [7, 11) is 1.75. The maximum absolute atomic E-state index is 6.47. The number of aryl methyl sites for hydroxylation is 1. The number of hydrogen-bond donors (Lipinski definition) is 0. The molecule has 0 N–H and O–H groups in total. The summed E-state index contributed by atoms with van der Waals surface area (Å²) in [5, 5.41) is 8.85. The molecule has 1 aromatic heterocycles. The van der Waals surface area contributed by atoms with Crippen molar-refractivity contribution in [1.29, 1.82) is 0 Å². The number of unbranched alkanes of at least 4 members (excludes halogenated alkanes) is 1. The molecule has 3 aromatic carbocycles. The van der Waals surface area contributed by atoms with E-state index in [2.05, 4.69) is 80.5 Å². The highest BCUT2D eigenvalue weighted by molar-refractivity contribution is 5.80. The Morgan fingerprint density at radius 3 is 2.49 bits per heavy atom. The molecule has 1 saturated heterocycles. The maximum atomic E-state index is 6.47. The highest BCUT2D eigenvalue weighted by Gasteiger charge is 2.35. The molecular formula is C37H46N6O2. The average Bonchev–Trinajstić information content (AvgIpc) is 3.55. The first-order chi connectivity index (χ1) is 22.2. The zero-order chi connectivity index (χ0) is 30.6. The zero-order valence-electron chi connectivity index (χ0n) is 26.8. The van der Waals surface area contributed by atoms with Crippen molar-refractivity contribution in [1.82, 2.24) is 24.8 Å². The van der Waals surface area contributed by atoms with Gasteiger partial charge < -0.3 is 14.4 Å². The van der Waals surface area contributed by atoms with Gasteiger partial charge in [0.05, 0.1) is 19.0 Å². The quantitative estimate of drug-likeness (QED) is 0.183. The van der Waals surface area contributed by atoms with Gasteiger partial charge in [0, 0.05) is 50.9 Å². The van der Waals surface area contributed by atoms with Crippen LogP contribution in [0.25, 0.3) is 11.1 Å². The predicted octanol–water partition coefficient (Wildman–Crippen LogP) is 6.00. The molecule has 0 amide bonds. The number of piperazine rings is 1. The van der Waals surface area contributed by atoms with Crippen LogP contribution in [-0.4, -0.2) is 77.7 Å². The molecule has 0 spiro atoms. The lowest BCUT2D eigenvalue weighted by Crippen LogP contribution is -2.46. The van der Waals surface area contributed by atoms with E-state index in [-0.39, 0.29) is 0 Å². The largest absolute Gasteiger partial charge is 0.495 e. The third-order valence-electron chi connectivity index (χ3n) is 9.82. The lowest BCUT2D eigenvalue weighted by atomic mass is 9.77. The Morgan fingerprint density at radius 1 is 0.822 bits per heavy atom. The van der Waals surface area contributed by atoms with Crippen LogP contribution in [0.1, 0.15) is 54.6 Å². The Balaban J connectivity index is 0.910. The van der Waals surface area contributed by atoms with Crippen LogP contribution in [0.15, 0.2) is 66.9 Å². The number of nitrogens with zero attached hydrogens (tertiary/aromatic N) is 6. The van der Waals surface area contributed by atoms with Crippen LogP contribution in [0, 0.1) is 0 Å². The van der Waals surface area contributed by atoms with Crippen molar-refractivity contribution in [2.75, 3.05) is 57.8 Å². The lowest BCUT2D eigenvalue weighted by molar-refractivity contribution is 0.182. The van der Waals surface area contributed by atoms with Gasteiger partial charge in [0.25, 0.3) is 0 Å². The summed E-state index contributed by atoms with van der Waals surface area (Å²) in [5.41, 5.74) is 9.09. The fraction of sp³-hybridized carbons (Fsp3) is 0.459. The second kappa shape index (κ2) is 13.6. The van der Waals surface area contributed by atoms with Crippen LogP contribution >= 0.6 is 0 Å². The maximum Gasteiger partial charge on any atom is 0.142 e. The number of para-hydroxylation sites is 2. The Labute approximate surface area is 267 Å². The van der Waals surface area contributed by atoms with Crippen molar-refractivity contribution in [3.63, 3.8) is 0 Å². The molecule has 3 aliphatic rings. The summed E-state index contributed by atoms with van der Waals surface area (Å²) < 4.78 is 14.0. The van der Waals surface area contributed by atoms with E-state index < -0.39 is 0 Å². The highest BCUT2D eigenvalue weighted by Crippen LogP contribution is 2.48. The highest BCUT2D eigenvalue weighted by atomic mass is 16.5. The van der Waals surface area contributed by atoms with Crippen LogP contribution in [0.5, 0.6) is 11.5 Å². The molecule has 7 rings (SSSR count). The van der Waals surface area contributed by atoms with Crippen molar-refractivity contribution < 1.29 is 9.47 Å². The molecule has 236 valence electrons. The molecule has 1 fully saturated rings. The molecule has 4 aromatic rings. The summed E-state index contributed by atoms with van der Waals surface area (Å²) >= 11 is 0. The van der Waals surface area contributed by atoms with Gasteiger partial charge in [0.1, 0.15) is 23.8 Å². The van der Waals surface area contributed by atoms with Crippen LogP contribution in [0.3, 0.4) is 0 Å². The molecule has 1 atom stereocenters. The normalized spacial score (nSPS) is 18.0. The topological polar surface area (TPSA) is 58.9 Å². The summed E-state index contributed by atoms with van der Waals surface area (Å²) in [4.78, 5) is 7.69. The van der Waals surface area contributed by atoms with Gasteiger partial charge in [-0.1, -0.05) is 54.6 Å². The van der Waals surface area contributed by atoms with Gasteiger partial charge in [-0.25, -0.2) is 0 Å². The van der Waals surface area contributed by atoms with Crippen molar-refractivity contribution in [3.05, 3.63) is 89.2 Å². The van der Waals surface area contributed by atoms with Crippen molar-refractivity contribution in [2.24, 2.45) is 0 Å². The molecule has 0 unspecified atom stereocenters. The van der Waals surface area contributed by atoms with Crippen LogP contribution < -0.4 is 14.4 Å². The smallest absolute Gasteiger partial charge is 0.142 e. The van der Waals surface area contributed by atoms with Gasteiger partial charge in [0.15, 0.2) is 0 Å². The van der Waals surface area contributed by atoms with Gasteiger partial charge in [-0.15, -0.1) is 5.10 Å². The first-order valence-corrected chi connectivity index (χ1v) is 16.8. The predicted molar refractivity (Wildman–Crippen MR) is 179 cm³/mol. The number of ether oxygens (including phenoxy) is 2. The van der Waals surface area contributed by atoms with E-state index in [4.69, 9.17) is 9.47 Å². The molecule has 8 heteroatoms. The molecular weight excluding hydrogens is 560 g/mol. The number of rotatable bonds is 12. The summed E-state index contributed by atoms with van der Waals surface area (Å²) in [6.45, 7) is 11.2. The third kappa shape index (κ3) is 6.31. The summed E-state index contributed by atoms with van der Waals surface area (Å²) in [6, 6.07) is 22.2. The van der Waals surface area contributed by atoms with E-state index in [1.807, 2.05) is 23.0 Å². The van der Waals surface area contributed by atoms with Gasteiger partial charge in [-0.3, -0.25) is 14.5 Å². The summed E-state index contributed by atoms with van der Waals surface area (Å²) in [5.74, 6) is 1.91. The molecule has 2 aliphatic heterocycles. The molecule has 0 radical (unpaired) electrons. The fourth-order valence-corrected chi connectivity index (χ4v) is 7.59. The van der Waals surface area contributed by atoms with E-state index in [0.717, 1.165) is 95.2 Å². The second-order valence-corrected chi connectivity index (χ2v) is 12.6. The van der Waals surface area contributed by atoms with Crippen LogP contribution in [-0.2, 0) is 26.0 Å². The fourth-order valence-electron chi connectivity index (χ4n) is 7.59. The first kappa shape index (κ1) is 29.8. The zero-order valence-corrected chi connectivity index (χ0v) is 26.8. The van der Waals surface area contributed by atoms with E-state index >= 15 is 0 Å². The van der Waals surface area contributed by atoms with Crippen LogP contribution in [0.2, 0.25) is 0 Å². The number of anilines is 1. The number of aromatic nitrogens is 3. The standard InChI is InChI=1S/C37H46N6O2/c1-3-17-41-20-16-28-10-8-12-31-36(28)33(41)25-29-11-9-15-35(37(29)31)45-27-30-26-43(39-38-30)19-7-6-18-40-21-23-42(24-22-40)32-13-4-5-14-34(32)44-2/h4-5,8-15,26,33H,3,6-7,16-25,27H2,1-2H3/t33-/m1/s1. The van der Waals surface area contributed by atoms with Crippen molar-refractivity contribution in [2.45, 2.75) is 58.2 Å². The monoisotopic (exact) mass is 606 g/mol. The molecule has 0 saturated carbocycles. The average molecular weight is 607 g/mol. The van der Waals surface area contributed by atoms with Crippen LogP contribution in [0.4, 0.5) is 5.69 Å². The minimum Gasteiger partial charge on any atom is -0.495 e. The number of benzene rings is 3. The van der Waals surface area contributed by atoms with Crippen molar-refractivity contribution >= 4 is 5.69 Å². The Kier molecular flexibility index (Phi) is 9.03. The van der Waals surface area contributed by atoms with E-state index in [1.165, 1.54) is 39.9 Å². The van der Waals surface area contributed by atoms with E-state index in [9.17, 15) is 0 Å². The Hall–Kier alpha value is -3.88. The molecule has 8 nitrogen and oxygen atoms in total. The molecule has 1 aliphatic carbocycles.